The molecule has 0 amide bonds. The summed E-state index contributed by atoms with van der Waals surface area (Å²) in [5.41, 5.74) is 4.09. The van der Waals surface area contributed by atoms with E-state index in [9.17, 15) is 9.90 Å². The predicted octanol–water partition coefficient (Wildman–Crippen LogP) is 4.72. The van der Waals surface area contributed by atoms with E-state index in [1.165, 1.54) is 0 Å². The number of hydrogen-bond acceptors (Lipinski definition) is 3. The molecule has 1 N–H and O–H groups in total. The first-order valence-electron chi connectivity index (χ1n) is 8.07. The summed E-state index contributed by atoms with van der Waals surface area (Å²) >= 11 is 0. The van der Waals surface area contributed by atoms with E-state index < -0.39 is 0 Å². The number of fused-ring (bicyclic) bond motifs is 1. The number of rotatable bonds is 2. The van der Waals surface area contributed by atoms with Crippen molar-refractivity contribution in [1.29, 1.82) is 0 Å². The van der Waals surface area contributed by atoms with Crippen molar-refractivity contribution < 1.29 is 14.6 Å². The third kappa shape index (κ3) is 3.04. The first kappa shape index (κ1) is 15.2. The van der Waals surface area contributed by atoms with Crippen LogP contribution in [0.2, 0.25) is 0 Å². The Morgan fingerprint density at radius 2 is 1.64 bits per heavy atom. The molecule has 0 fully saturated rings. The van der Waals surface area contributed by atoms with Gasteiger partial charge in [-0.3, -0.25) is 4.79 Å². The number of Topliss-reactive ketones (excluding diaryl/α,β-unsaturated/α-hetero) is 1. The molecule has 1 aliphatic heterocycles. The number of ketones is 1. The van der Waals surface area contributed by atoms with Crippen molar-refractivity contribution in [2.24, 2.45) is 0 Å². The fourth-order valence-electron chi connectivity index (χ4n) is 2.92. The van der Waals surface area contributed by atoms with E-state index in [0.29, 0.717) is 16.9 Å². The largest absolute Gasteiger partial charge is 0.508 e. The second-order valence-corrected chi connectivity index (χ2v) is 5.96. The average molecular weight is 328 g/mol. The highest BCUT2D eigenvalue weighted by atomic mass is 16.5. The summed E-state index contributed by atoms with van der Waals surface area (Å²) in [4.78, 5) is 12.9. The third-order valence-corrected chi connectivity index (χ3v) is 4.24. The smallest absolute Gasteiger partial charge is 0.196 e. The maximum atomic E-state index is 12.9. The molecule has 0 aliphatic carbocycles. The van der Waals surface area contributed by atoms with E-state index >= 15 is 0 Å². The lowest BCUT2D eigenvalue weighted by Crippen LogP contribution is -2.19. The van der Waals surface area contributed by atoms with Gasteiger partial charge in [0.25, 0.3) is 0 Å². The monoisotopic (exact) mass is 328 g/mol. The highest BCUT2D eigenvalue weighted by molar-refractivity contribution is 6.14. The molecule has 0 aromatic heterocycles. The standard InChI is InChI=1S/C22H16O3/c23-19-9-6-15(7-10-19)12-18-14-25-21-11-8-17(13-20(21)22(18)24)16-4-2-1-3-5-16/h1-13,23H,14H2/b18-12+. The maximum Gasteiger partial charge on any atom is 0.196 e. The summed E-state index contributed by atoms with van der Waals surface area (Å²) in [5, 5.41) is 9.37. The Labute approximate surface area is 145 Å². The molecule has 122 valence electrons. The van der Waals surface area contributed by atoms with Crippen LogP contribution < -0.4 is 4.74 Å². The van der Waals surface area contributed by atoms with Crippen LogP contribution in [0.25, 0.3) is 17.2 Å². The molecule has 0 atom stereocenters. The number of carbonyl (C=O) groups is 1. The van der Waals surface area contributed by atoms with Crippen LogP contribution in [0.15, 0.2) is 78.4 Å². The summed E-state index contributed by atoms with van der Waals surface area (Å²) in [6.45, 7) is 0.247. The molecule has 0 bridgehead atoms. The lowest BCUT2D eigenvalue weighted by Gasteiger charge is -2.19. The van der Waals surface area contributed by atoms with Crippen molar-refractivity contribution in [1.82, 2.24) is 0 Å². The number of aromatic hydroxyl groups is 1. The fourth-order valence-corrected chi connectivity index (χ4v) is 2.92. The van der Waals surface area contributed by atoms with E-state index in [2.05, 4.69) is 0 Å². The van der Waals surface area contributed by atoms with Gasteiger partial charge >= 0.3 is 0 Å². The Bertz CT molecular complexity index is 954. The molecule has 0 saturated heterocycles. The Morgan fingerprint density at radius 3 is 2.40 bits per heavy atom. The van der Waals surface area contributed by atoms with Crippen molar-refractivity contribution in [2.75, 3.05) is 6.61 Å². The molecule has 0 spiro atoms. The van der Waals surface area contributed by atoms with Gasteiger partial charge in [0.05, 0.1) is 5.56 Å². The second kappa shape index (κ2) is 6.29. The first-order chi connectivity index (χ1) is 12.2. The highest BCUT2D eigenvalue weighted by Gasteiger charge is 2.23. The van der Waals surface area contributed by atoms with E-state index in [1.807, 2.05) is 48.5 Å². The van der Waals surface area contributed by atoms with E-state index in [1.54, 1.807) is 30.3 Å². The van der Waals surface area contributed by atoms with Crippen LogP contribution >= 0.6 is 0 Å². The van der Waals surface area contributed by atoms with Crippen molar-refractivity contribution in [3.63, 3.8) is 0 Å². The average Bonchev–Trinajstić information content (AvgIpc) is 2.66. The topological polar surface area (TPSA) is 46.5 Å². The van der Waals surface area contributed by atoms with Gasteiger partial charge in [0.15, 0.2) is 5.78 Å². The minimum Gasteiger partial charge on any atom is -0.508 e. The molecule has 4 rings (SSSR count). The lowest BCUT2D eigenvalue weighted by molar-refractivity contribution is 0.100. The molecular formula is C22H16O3. The number of ether oxygens (including phenoxy) is 1. The number of phenolic OH excluding ortho intramolecular Hbond substituents is 1. The van der Waals surface area contributed by atoms with Crippen LogP contribution in [0.1, 0.15) is 15.9 Å². The van der Waals surface area contributed by atoms with Crippen molar-refractivity contribution in [3.8, 4) is 22.6 Å². The third-order valence-electron chi connectivity index (χ3n) is 4.24. The Morgan fingerprint density at radius 1 is 0.880 bits per heavy atom. The van der Waals surface area contributed by atoms with Gasteiger partial charge < -0.3 is 9.84 Å². The molecule has 1 heterocycles. The molecule has 3 aromatic rings. The summed E-state index contributed by atoms with van der Waals surface area (Å²) in [7, 11) is 0. The molecule has 3 heteroatoms. The number of hydrogen-bond donors (Lipinski definition) is 1. The van der Waals surface area contributed by atoms with E-state index in [4.69, 9.17) is 4.74 Å². The summed E-state index contributed by atoms with van der Waals surface area (Å²) < 4.78 is 5.75. The maximum absolute atomic E-state index is 12.9. The zero-order valence-corrected chi connectivity index (χ0v) is 13.5. The Kier molecular flexibility index (Phi) is 3.82. The fraction of sp³-hybridized carbons (Fsp3) is 0.0455. The number of benzene rings is 3. The van der Waals surface area contributed by atoms with Crippen molar-refractivity contribution in [3.05, 3.63) is 89.5 Å². The SMILES string of the molecule is O=C1/C(=C/c2ccc(O)cc2)COc2ccc(-c3ccccc3)cc21. The van der Waals surface area contributed by atoms with Gasteiger partial charge in [-0.1, -0.05) is 48.5 Å². The lowest BCUT2D eigenvalue weighted by atomic mass is 9.95. The van der Waals surface area contributed by atoms with Crippen molar-refractivity contribution in [2.45, 2.75) is 0 Å². The summed E-state index contributed by atoms with van der Waals surface area (Å²) in [6, 6.07) is 22.4. The predicted molar refractivity (Wildman–Crippen MR) is 97.8 cm³/mol. The van der Waals surface area contributed by atoms with Gasteiger partial charge in [0, 0.05) is 5.57 Å². The van der Waals surface area contributed by atoms with Crippen LogP contribution in [0, 0.1) is 0 Å². The van der Waals surface area contributed by atoms with Gasteiger partial charge in [-0.05, 0) is 47.0 Å². The molecule has 0 unspecified atom stereocenters. The van der Waals surface area contributed by atoms with Crippen LogP contribution in [-0.2, 0) is 0 Å². The zero-order chi connectivity index (χ0) is 17.2. The van der Waals surface area contributed by atoms with Crippen LogP contribution in [-0.4, -0.2) is 17.5 Å². The quantitative estimate of drug-likeness (QED) is 0.693. The highest BCUT2D eigenvalue weighted by Crippen LogP contribution is 2.32. The summed E-state index contributed by atoms with van der Waals surface area (Å²) in [6.07, 6.45) is 1.81. The molecule has 0 saturated carbocycles. The molecule has 3 aromatic carbocycles. The van der Waals surface area contributed by atoms with Crippen LogP contribution in [0.3, 0.4) is 0 Å². The van der Waals surface area contributed by atoms with Gasteiger partial charge in [0.1, 0.15) is 18.1 Å². The van der Waals surface area contributed by atoms with Gasteiger partial charge in [0.2, 0.25) is 0 Å². The zero-order valence-electron chi connectivity index (χ0n) is 13.5. The van der Waals surface area contributed by atoms with Gasteiger partial charge in [-0.15, -0.1) is 0 Å². The molecule has 3 nitrogen and oxygen atoms in total. The number of phenols is 1. The number of carbonyl (C=O) groups excluding carboxylic acids is 1. The van der Waals surface area contributed by atoms with E-state index in [0.717, 1.165) is 16.7 Å². The minimum atomic E-state index is -0.0212. The second-order valence-electron chi connectivity index (χ2n) is 5.96. The molecule has 0 radical (unpaired) electrons. The van der Waals surface area contributed by atoms with E-state index in [-0.39, 0.29) is 18.1 Å². The normalized spacial score (nSPS) is 14.9. The Balaban J connectivity index is 1.71. The van der Waals surface area contributed by atoms with Crippen molar-refractivity contribution >= 4 is 11.9 Å². The van der Waals surface area contributed by atoms with Gasteiger partial charge in [-0.2, -0.15) is 0 Å². The summed E-state index contributed by atoms with van der Waals surface area (Å²) in [5.74, 6) is 0.797. The van der Waals surface area contributed by atoms with Crippen LogP contribution in [0.4, 0.5) is 0 Å². The van der Waals surface area contributed by atoms with Crippen LogP contribution in [0.5, 0.6) is 11.5 Å². The first-order valence-corrected chi connectivity index (χ1v) is 8.07. The molecule has 25 heavy (non-hydrogen) atoms. The molecular weight excluding hydrogens is 312 g/mol. The molecule has 1 aliphatic rings. The minimum absolute atomic E-state index is 0.0212. The Hall–Kier alpha value is -3.33. The van der Waals surface area contributed by atoms with Gasteiger partial charge in [-0.25, -0.2) is 0 Å².